The number of rotatable bonds is 3. The molecule has 0 fully saturated rings. The van der Waals surface area contributed by atoms with Crippen LogP contribution < -0.4 is 57.1 Å². The standard InChI is InChI=1S/C6H7BF3N2S.K/c8-7(9,10)4-13-6-2-1-5(11)3-12-6;/h1-3H,4,11H2;/q-1;+1. The molecule has 0 spiro atoms. The summed E-state index contributed by atoms with van der Waals surface area (Å²) in [6.07, 6.45) is 1.34. The number of nitrogen functional groups attached to an aromatic ring is 1. The van der Waals surface area contributed by atoms with Crippen molar-refractivity contribution in [2.24, 2.45) is 0 Å². The predicted octanol–water partition coefficient (Wildman–Crippen LogP) is -0.854. The van der Waals surface area contributed by atoms with E-state index in [9.17, 15) is 12.9 Å². The molecule has 0 aromatic carbocycles. The van der Waals surface area contributed by atoms with Crippen LogP contribution in [0.5, 0.6) is 0 Å². The van der Waals surface area contributed by atoms with Crippen LogP contribution in [0.3, 0.4) is 0 Å². The van der Waals surface area contributed by atoms with Gasteiger partial charge < -0.3 is 18.7 Å². The summed E-state index contributed by atoms with van der Waals surface area (Å²) in [5, 5.41) is 0.341. The number of thioether (sulfide) groups is 1. The zero-order valence-electron chi connectivity index (χ0n) is 7.58. The first-order valence-corrected chi connectivity index (χ1v) is 4.51. The van der Waals surface area contributed by atoms with Gasteiger partial charge in [0.1, 0.15) is 0 Å². The quantitative estimate of drug-likeness (QED) is 0.557. The van der Waals surface area contributed by atoms with Gasteiger partial charge in [0.15, 0.2) is 0 Å². The normalized spacial score (nSPS) is 10.8. The molecule has 0 saturated heterocycles. The Bertz CT molecular complexity index is 279. The Kier molecular flexibility index (Phi) is 6.75. The molecule has 0 saturated carbocycles. The van der Waals surface area contributed by atoms with Gasteiger partial charge >= 0.3 is 58.4 Å². The van der Waals surface area contributed by atoms with Crippen LogP contribution in [-0.2, 0) is 0 Å². The Hall–Kier alpha value is 0.791. The molecule has 0 aliphatic carbocycles. The van der Waals surface area contributed by atoms with Gasteiger partial charge in [0.25, 0.3) is 0 Å². The van der Waals surface area contributed by atoms with Gasteiger partial charge in [-0.15, -0.1) is 11.8 Å². The molecule has 1 heterocycles. The summed E-state index contributed by atoms with van der Waals surface area (Å²) in [5.74, 6) is 0. The number of nitrogens with zero attached hydrogens (tertiary/aromatic N) is 1. The van der Waals surface area contributed by atoms with Gasteiger partial charge in [-0.3, -0.25) is 0 Å². The van der Waals surface area contributed by atoms with Crippen molar-refractivity contribution in [2.75, 3.05) is 11.4 Å². The number of hydrogen-bond acceptors (Lipinski definition) is 3. The van der Waals surface area contributed by atoms with Gasteiger partial charge in [-0.1, -0.05) is 0 Å². The molecule has 1 rings (SSSR count). The van der Waals surface area contributed by atoms with Crippen LogP contribution in [0.2, 0.25) is 0 Å². The van der Waals surface area contributed by atoms with E-state index >= 15 is 0 Å². The second-order valence-corrected chi connectivity index (χ2v) is 3.49. The van der Waals surface area contributed by atoms with Gasteiger partial charge in [-0.25, -0.2) is 4.98 Å². The molecule has 0 aliphatic rings. The molecule has 1 aromatic heterocycles. The van der Waals surface area contributed by atoms with E-state index in [1.807, 2.05) is 0 Å². The van der Waals surface area contributed by atoms with Gasteiger partial charge in [-0.05, 0) is 17.8 Å². The average molecular weight is 246 g/mol. The Morgan fingerprint density at radius 3 is 2.43 bits per heavy atom. The molecule has 0 atom stereocenters. The molecule has 0 radical (unpaired) electrons. The van der Waals surface area contributed by atoms with Gasteiger partial charge in [0.05, 0.1) is 16.9 Å². The smallest absolute Gasteiger partial charge is 0.448 e. The van der Waals surface area contributed by atoms with Crippen molar-refractivity contribution >= 4 is 24.4 Å². The van der Waals surface area contributed by atoms with Crippen molar-refractivity contribution in [1.82, 2.24) is 4.98 Å². The van der Waals surface area contributed by atoms with Crippen molar-refractivity contribution in [3.63, 3.8) is 0 Å². The minimum absolute atomic E-state index is 0. The van der Waals surface area contributed by atoms with E-state index in [0.717, 1.165) is 0 Å². The summed E-state index contributed by atoms with van der Waals surface area (Å²) >= 11 is 0.672. The van der Waals surface area contributed by atoms with Crippen LogP contribution in [0, 0.1) is 0 Å². The molecule has 2 nitrogen and oxygen atoms in total. The number of hydrogen-bond donors (Lipinski definition) is 1. The number of halogens is 3. The van der Waals surface area contributed by atoms with Crippen LogP contribution in [-0.4, -0.2) is 17.6 Å². The molecule has 0 aliphatic heterocycles. The summed E-state index contributed by atoms with van der Waals surface area (Å²) in [7, 11) is 0. The number of pyridine rings is 1. The van der Waals surface area contributed by atoms with E-state index in [4.69, 9.17) is 5.73 Å². The van der Waals surface area contributed by atoms with Crippen molar-refractivity contribution in [1.29, 1.82) is 0 Å². The van der Waals surface area contributed by atoms with Crippen molar-refractivity contribution < 1.29 is 64.3 Å². The fourth-order valence-corrected chi connectivity index (χ4v) is 1.31. The van der Waals surface area contributed by atoms with Crippen LogP contribution in [0.4, 0.5) is 18.6 Å². The summed E-state index contributed by atoms with van der Waals surface area (Å²) < 4.78 is 35.4. The van der Waals surface area contributed by atoms with E-state index in [1.165, 1.54) is 18.3 Å². The van der Waals surface area contributed by atoms with E-state index < -0.39 is 12.6 Å². The molecule has 0 unspecified atom stereocenters. The Labute approximate surface area is 127 Å². The third kappa shape index (κ3) is 6.31. The van der Waals surface area contributed by atoms with Gasteiger partial charge in [-0.2, -0.15) is 0 Å². The average Bonchev–Trinajstić information content (AvgIpc) is 2.02. The first-order valence-electron chi connectivity index (χ1n) is 3.53. The van der Waals surface area contributed by atoms with Crippen LogP contribution >= 0.6 is 11.8 Å². The third-order valence-electron chi connectivity index (χ3n) is 1.18. The first-order chi connectivity index (χ1) is 5.97. The van der Waals surface area contributed by atoms with E-state index in [0.29, 0.717) is 22.5 Å². The zero-order valence-corrected chi connectivity index (χ0v) is 11.5. The summed E-state index contributed by atoms with van der Waals surface area (Å²) in [6, 6.07) is 3.00. The van der Waals surface area contributed by atoms with Crippen molar-refractivity contribution in [2.45, 2.75) is 5.03 Å². The predicted molar refractivity (Wildman–Crippen MR) is 48.5 cm³/mol. The minimum Gasteiger partial charge on any atom is -0.448 e. The Morgan fingerprint density at radius 2 is 2.00 bits per heavy atom. The second-order valence-electron chi connectivity index (χ2n) is 2.45. The SMILES string of the molecule is Nc1ccc(SC[B-](F)(F)F)nc1.[K+]. The second kappa shape index (κ2) is 6.39. The van der Waals surface area contributed by atoms with E-state index in [-0.39, 0.29) is 51.4 Å². The monoisotopic (exact) mass is 246 g/mol. The van der Waals surface area contributed by atoms with Crippen LogP contribution in [0.15, 0.2) is 23.4 Å². The van der Waals surface area contributed by atoms with E-state index in [1.54, 1.807) is 0 Å². The largest absolute Gasteiger partial charge is 1.00 e. The molecular formula is C6H7BF3KN2S. The Morgan fingerprint density at radius 1 is 1.36 bits per heavy atom. The van der Waals surface area contributed by atoms with Crippen LogP contribution in [0.25, 0.3) is 0 Å². The molecule has 72 valence electrons. The summed E-state index contributed by atoms with van der Waals surface area (Å²) in [6.45, 7) is -4.75. The maximum Gasteiger partial charge on any atom is 1.00 e. The van der Waals surface area contributed by atoms with E-state index in [2.05, 4.69) is 4.98 Å². The Balaban J connectivity index is 0.00000169. The fraction of sp³-hybridized carbons (Fsp3) is 0.167. The topological polar surface area (TPSA) is 38.9 Å². The maximum atomic E-state index is 11.8. The molecular weight excluding hydrogens is 239 g/mol. The first kappa shape index (κ1) is 14.8. The van der Waals surface area contributed by atoms with Crippen molar-refractivity contribution in [3.8, 4) is 0 Å². The number of nitrogens with two attached hydrogens (primary N) is 1. The molecule has 14 heavy (non-hydrogen) atoms. The van der Waals surface area contributed by atoms with Gasteiger partial charge in [0, 0.05) is 0 Å². The number of aromatic nitrogens is 1. The molecule has 2 N–H and O–H groups in total. The third-order valence-corrected chi connectivity index (χ3v) is 2.26. The molecule has 8 heteroatoms. The van der Waals surface area contributed by atoms with Crippen molar-refractivity contribution in [3.05, 3.63) is 18.3 Å². The summed E-state index contributed by atoms with van der Waals surface area (Å²) in [5.41, 5.74) is 4.90. The summed E-state index contributed by atoms with van der Waals surface area (Å²) in [4.78, 5) is 3.73. The number of anilines is 1. The molecule has 0 bridgehead atoms. The molecule has 1 aromatic rings. The minimum atomic E-state index is -4.75. The zero-order chi connectivity index (χ0) is 9.90. The maximum absolute atomic E-state index is 11.8. The van der Waals surface area contributed by atoms with Crippen LogP contribution in [0.1, 0.15) is 0 Å². The fourth-order valence-electron chi connectivity index (χ4n) is 0.657. The molecule has 0 amide bonds. The van der Waals surface area contributed by atoms with Gasteiger partial charge in [0.2, 0.25) is 0 Å².